The summed E-state index contributed by atoms with van der Waals surface area (Å²) in [5, 5.41) is 0.496. The van der Waals surface area contributed by atoms with Crippen LogP contribution < -0.4 is 4.90 Å². The van der Waals surface area contributed by atoms with Crippen LogP contribution in [0.15, 0.2) is 18.5 Å². The molecule has 0 spiro atoms. The maximum absolute atomic E-state index is 13.5. The Bertz CT molecular complexity index is 551. The summed E-state index contributed by atoms with van der Waals surface area (Å²) in [7, 11) is 0. The normalized spacial score (nSPS) is 16.7. The van der Waals surface area contributed by atoms with E-state index in [2.05, 4.69) is 9.88 Å². The number of hydrogen-bond donors (Lipinski definition) is 0. The van der Waals surface area contributed by atoms with Crippen molar-refractivity contribution in [1.29, 1.82) is 0 Å². The molecule has 0 bridgehead atoms. The van der Waals surface area contributed by atoms with E-state index < -0.39 is 5.95 Å². The van der Waals surface area contributed by atoms with Gasteiger partial charge in [-0.1, -0.05) is 11.6 Å². The van der Waals surface area contributed by atoms with E-state index in [4.69, 9.17) is 16.3 Å². The number of nitrogens with zero attached hydrogens (tertiary/aromatic N) is 3. The summed E-state index contributed by atoms with van der Waals surface area (Å²) in [6, 6.07) is 1.81. The summed E-state index contributed by atoms with van der Waals surface area (Å²) < 4.78 is 20.1. The van der Waals surface area contributed by atoms with Gasteiger partial charge in [0.15, 0.2) is 5.65 Å². The maximum atomic E-state index is 13.5. The number of aromatic nitrogens is 2. The van der Waals surface area contributed by atoms with Gasteiger partial charge in [-0.05, 0) is 6.07 Å². The van der Waals surface area contributed by atoms with Crippen molar-refractivity contribution in [1.82, 2.24) is 9.38 Å². The molecule has 4 nitrogen and oxygen atoms in total. The number of pyridine rings is 1. The van der Waals surface area contributed by atoms with Crippen molar-refractivity contribution in [3.8, 4) is 0 Å². The van der Waals surface area contributed by atoms with E-state index >= 15 is 0 Å². The molecule has 0 unspecified atom stereocenters. The summed E-state index contributed by atoms with van der Waals surface area (Å²) in [6.07, 6.45) is 2.73. The molecule has 90 valence electrons. The Morgan fingerprint density at radius 2 is 2.12 bits per heavy atom. The van der Waals surface area contributed by atoms with E-state index in [9.17, 15) is 4.39 Å². The van der Waals surface area contributed by atoms with Crippen LogP contribution in [0, 0.1) is 5.95 Å². The molecule has 0 N–H and O–H groups in total. The van der Waals surface area contributed by atoms with Crippen molar-refractivity contribution in [2.75, 3.05) is 31.2 Å². The molecule has 3 rings (SSSR count). The van der Waals surface area contributed by atoms with Gasteiger partial charge in [0.1, 0.15) is 0 Å². The molecule has 0 aromatic carbocycles. The Hall–Kier alpha value is -1.33. The Kier molecular flexibility index (Phi) is 2.64. The minimum atomic E-state index is -0.406. The second kappa shape index (κ2) is 4.16. The minimum Gasteiger partial charge on any atom is -0.378 e. The molecular formula is C11H11ClFN3O. The lowest BCUT2D eigenvalue weighted by molar-refractivity contribution is 0.123. The molecule has 17 heavy (non-hydrogen) atoms. The van der Waals surface area contributed by atoms with Gasteiger partial charge < -0.3 is 9.64 Å². The lowest BCUT2D eigenvalue weighted by Gasteiger charge is -2.29. The number of ether oxygens (including phenoxy) is 1. The summed E-state index contributed by atoms with van der Waals surface area (Å²) in [5.41, 5.74) is 1.44. The highest BCUT2D eigenvalue weighted by Gasteiger charge is 2.17. The van der Waals surface area contributed by atoms with Crippen LogP contribution in [-0.4, -0.2) is 35.7 Å². The predicted octanol–water partition coefficient (Wildman–Crippen LogP) is 1.96. The Labute approximate surface area is 103 Å². The van der Waals surface area contributed by atoms with E-state index in [-0.39, 0.29) is 0 Å². The van der Waals surface area contributed by atoms with Crippen LogP contribution in [0.4, 0.5) is 10.1 Å². The molecule has 3 heterocycles. The van der Waals surface area contributed by atoms with E-state index in [0.717, 1.165) is 18.8 Å². The molecular weight excluding hydrogens is 245 g/mol. The van der Waals surface area contributed by atoms with Crippen LogP contribution in [0.1, 0.15) is 0 Å². The average molecular weight is 256 g/mol. The zero-order valence-corrected chi connectivity index (χ0v) is 9.82. The first-order valence-corrected chi connectivity index (χ1v) is 5.78. The van der Waals surface area contributed by atoms with Gasteiger partial charge in [-0.2, -0.15) is 4.39 Å². The summed E-state index contributed by atoms with van der Waals surface area (Å²) >= 11 is 6.00. The van der Waals surface area contributed by atoms with E-state index in [0.29, 0.717) is 23.9 Å². The highest BCUT2D eigenvalue weighted by atomic mass is 35.5. The second-order valence-corrected chi connectivity index (χ2v) is 4.35. The average Bonchev–Trinajstić information content (AvgIpc) is 2.72. The van der Waals surface area contributed by atoms with Crippen molar-refractivity contribution >= 4 is 22.9 Å². The first-order valence-electron chi connectivity index (χ1n) is 5.40. The Morgan fingerprint density at radius 1 is 1.35 bits per heavy atom. The number of fused-ring (bicyclic) bond motifs is 1. The molecule has 6 heteroatoms. The van der Waals surface area contributed by atoms with Crippen LogP contribution in [0.3, 0.4) is 0 Å². The molecule has 1 fully saturated rings. The molecule has 1 aliphatic heterocycles. The molecule has 2 aromatic rings. The minimum absolute atomic E-state index is 0.406. The second-order valence-electron chi connectivity index (χ2n) is 3.92. The van der Waals surface area contributed by atoms with Crippen LogP contribution in [0.25, 0.3) is 5.65 Å². The quantitative estimate of drug-likeness (QED) is 0.780. The van der Waals surface area contributed by atoms with Crippen molar-refractivity contribution in [3.63, 3.8) is 0 Å². The summed E-state index contributed by atoms with van der Waals surface area (Å²) in [6.45, 7) is 2.87. The molecule has 2 aromatic heterocycles. The van der Waals surface area contributed by atoms with Crippen molar-refractivity contribution < 1.29 is 9.13 Å². The number of morpholine rings is 1. The first kappa shape index (κ1) is 10.8. The lowest BCUT2D eigenvalue weighted by Crippen LogP contribution is -2.36. The predicted molar refractivity (Wildman–Crippen MR) is 63.2 cm³/mol. The highest BCUT2D eigenvalue weighted by molar-refractivity contribution is 6.30. The molecule has 0 saturated carbocycles. The molecule has 1 saturated heterocycles. The van der Waals surface area contributed by atoms with Gasteiger partial charge in [0.25, 0.3) is 0 Å². The SMILES string of the molecule is Fc1cnc2c(N3CCOCC3)cc(Cl)cn12. The summed E-state index contributed by atoms with van der Waals surface area (Å²) in [5.74, 6) is -0.406. The van der Waals surface area contributed by atoms with Gasteiger partial charge >= 0.3 is 0 Å². The zero-order chi connectivity index (χ0) is 11.8. The first-order chi connectivity index (χ1) is 8.25. The van der Waals surface area contributed by atoms with Crippen molar-refractivity contribution in [2.24, 2.45) is 0 Å². The number of halogens is 2. The molecule has 0 aliphatic carbocycles. The van der Waals surface area contributed by atoms with Gasteiger partial charge in [0.05, 0.1) is 30.1 Å². The zero-order valence-electron chi connectivity index (χ0n) is 9.07. The van der Waals surface area contributed by atoms with Gasteiger partial charge in [0, 0.05) is 19.3 Å². The molecule has 0 amide bonds. The molecule has 0 radical (unpaired) electrons. The summed E-state index contributed by atoms with van der Waals surface area (Å²) in [4.78, 5) is 6.19. The van der Waals surface area contributed by atoms with Crippen LogP contribution in [-0.2, 0) is 4.74 Å². The number of hydrogen-bond acceptors (Lipinski definition) is 3. The van der Waals surface area contributed by atoms with E-state index in [1.807, 2.05) is 6.07 Å². The van der Waals surface area contributed by atoms with Crippen LogP contribution >= 0.6 is 11.6 Å². The Morgan fingerprint density at radius 3 is 2.88 bits per heavy atom. The smallest absolute Gasteiger partial charge is 0.218 e. The fraction of sp³-hybridized carbons (Fsp3) is 0.364. The fourth-order valence-corrected chi connectivity index (χ4v) is 2.25. The van der Waals surface area contributed by atoms with Gasteiger partial charge in [0.2, 0.25) is 5.95 Å². The van der Waals surface area contributed by atoms with Gasteiger partial charge in [-0.3, -0.25) is 4.40 Å². The number of rotatable bonds is 1. The maximum Gasteiger partial charge on any atom is 0.218 e. The molecule has 1 aliphatic rings. The van der Waals surface area contributed by atoms with Gasteiger partial charge in [-0.15, -0.1) is 0 Å². The number of anilines is 1. The largest absolute Gasteiger partial charge is 0.378 e. The standard InChI is InChI=1S/C11H11ClFN3O/c12-8-5-9(15-1-3-17-4-2-15)11-14-6-10(13)16(11)7-8/h5-7H,1-4H2. The van der Waals surface area contributed by atoms with Gasteiger partial charge in [-0.25, -0.2) is 4.98 Å². The fourth-order valence-electron chi connectivity index (χ4n) is 2.05. The lowest BCUT2D eigenvalue weighted by atomic mass is 10.3. The molecule has 0 atom stereocenters. The van der Waals surface area contributed by atoms with Crippen molar-refractivity contribution in [2.45, 2.75) is 0 Å². The monoisotopic (exact) mass is 255 g/mol. The van der Waals surface area contributed by atoms with Crippen molar-refractivity contribution in [3.05, 3.63) is 29.4 Å². The third-order valence-corrected chi connectivity index (χ3v) is 3.07. The third kappa shape index (κ3) is 1.85. The third-order valence-electron chi connectivity index (χ3n) is 2.86. The Balaban J connectivity index is 2.13. The van der Waals surface area contributed by atoms with Crippen LogP contribution in [0.2, 0.25) is 5.02 Å². The highest BCUT2D eigenvalue weighted by Crippen LogP contribution is 2.26. The number of imidazole rings is 1. The topological polar surface area (TPSA) is 29.8 Å². The van der Waals surface area contributed by atoms with E-state index in [1.165, 1.54) is 16.8 Å². The van der Waals surface area contributed by atoms with E-state index in [1.54, 1.807) is 0 Å². The van der Waals surface area contributed by atoms with Crippen LogP contribution in [0.5, 0.6) is 0 Å².